The van der Waals surface area contributed by atoms with Crippen molar-refractivity contribution in [2.75, 3.05) is 7.05 Å². The standard InChI is InChI=1S/C15H26N4OS/c1-11-4-3-5-13(8-11)17(2)10-18-15(21)19(12-6-7-12)14(9-20)16-18/h11-13,20H,3-10H2,1-2H3. The van der Waals surface area contributed by atoms with Crippen molar-refractivity contribution in [1.82, 2.24) is 19.2 Å². The minimum atomic E-state index is -0.0304. The number of aliphatic hydroxyl groups is 1. The smallest absolute Gasteiger partial charge is 0.199 e. The number of hydrogen-bond donors (Lipinski definition) is 1. The first-order valence-corrected chi connectivity index (χ1v) is 8.50. The topological polar surface area (TPSA) is 46.2 Å². The summed E-state index contributed by atoms with van der Waals surface area (Å²) in [4.78, 5) is 2.37. The van der Waals surface area contributed by atoms with E-state index in [9.17, 15) is 5.11 Å². The Bertz CT molecular complexity index is 548. The summed E-state index contributed by atoms with van der Waals surface area (Å²) in [6.45, 7) is 3.04. The molecular formula is C15H26N4OS. The third-order valence-corrected chi connectivity index (χ3v) is 5.29. The maximum atomic E-state index is 9.49. The highest BCUT2D eigenvalue weighted by Gasteiger charge is 2.29. The minimum absolute atomic E-state index is 0.0304. The highest BCUT2D eigenvalue weighted by atomic mass is 32.1. The zero-order valence-electron chi connectivity index (χ0n) is 13.0. The molecule has 1 aromatic heterocycles. The van der Waals surface area contributed by atoms with Crippen LogP contribution in [0.3, 0.4) is 0 Å². The third-order valence-electron chi connectivity index (χ3n) is 4.88. The fraction of sp³-hybridized carbons (Fsp3) is 0.867. The monoisotopic (exact) mass is 310 g/mol. The molecule has 2 aliphatic carbocycles. The number of rotatable bonds is 5. The predicted octanol–water partition coefficient (Wildman–Crippen LogP) is 2.71. The first kappa shape index (κ1) is 15.2. The Kier molecular flexibility index (Phi) is 4.47. The van der Waals surface area contributed by atoms with Crippen molar-refractivity contribution in [2.45, 2.75) is 70.8 Å². The summed E-state index contributed by atoms with van der Waals surface area (Å²) >= 11 is 5.56. The van der Waals surface area contributed by atoms with Crippen LogP contribution in [0.1, 0.15) is 57.3 Å². The SMILES string of the molecule is CC1CCCC(N(C)Cn2nc(CO)n(C3CC3)c2=S)C1. The molecule has 0 radical (unpaired) electrons. The van der Waals surface area contributed by atoms with Gasteiger partial charge in [0.05, 0.1) is 6.67 Å². The Morgan fingerprint density at radius 3 is 2.71 bits per heavy atom. The fourth-order valence-corrected chi connectivity index (χ4v) is 3.85. The van der Waals surface area contributed by atoms with Crippen LogP contribution in [-0.2, 0) is 13.3 Å². The van der Waals surface area contributed by atoms with Crippen LogP contribution in [0, 0.1) is 10.7 Å². The Balaban J connectivity index is 1.73. The average Bonchev–Trinajstić information content (AvgIpc) is 3.25. The lowest BCUT2D eigenvalue weighted by atomic mass is 9.86. The van der Waals surface area contributed by atoms with Gasteiger partial charge in [0.2, 0.25) is 0 Å². The van der Waals surface area contributed by atoms with Crippen molar-refractivity contribution in [2.24, 2.45) is 5.92 Å². The highest BCUT2D eigenvalue weighted by Crippen LogP contribution is 2.36. The molecule has 1 aromatic rings. The van der Waals surface area contributed by atoms with Crippen molar-refractivity contribution in [3.05, 3.63) is 10.6 Å². The quantitative estimate of drug-likeness (QED) is 0.850. The van der Waals surface area contributed by atoms with Gasteiger partial charge in [-0.3, -0.25) is 9.47 Å². The summed E-state index contributed by atoms with van der Waals surface area (Å²) in [5.41, 5.74) is 0. The fourth-order valence-electron chi connectivity index (χ4n) is 3.49. The predicted molar refractivity (Wildman–Crippen MR) is 84.4 cm³/mol. The molecule has 0 aliphatic heterocycles. The van der Waals surface area contributed by atoms with E-state index in [0.717, 1.165) is 30.2 Å². The molecule has 3 rings (SSSR count). The van der Waals surface area contributed by atoms with Gasteiger partial charge in [-0.25, -0.2) is 4.68 Å². The van der Waals surface area contributed by atoms with Crippen molar-refractivity contribution < 1.29 is 5.11 Å². The van der Waals surface area contributed by atoms with Crippen molar-refractivity contribution in [3.8, 4) is 0 Å². The summed E-state index contributed by atoms with van der Waals surface area (Å²) in [5, 5.41) is 14.0. The molecule has 2 aliphatic rings. The van der Waals surface area contributed by atoms with Gasteiger partial charge in [-0.15, -0.1) is 0 Å². The van der Waals surface area contributed by atoms with Gasteiger partial charge in [-0.05, 0) is 50.9 Å². The van der Waals surface area contributed by atoms with Crippen LogP contribution >= 0.6 is 12.2 Å². The number of nitrogens with zero attached hydrogens (tertiary/aromatic N) is 4. The van der Waals surface area contributed by atoms with Crippen LogP contribution in [0.25, 0.3) is 0 Å². The minimum Gasteiger partial charge on any atom is -0.388 e. The molecule has 6 heteroatoms. The summed E-state index contributed by atoms with van der Waals surface area (Å²) in [5.74, 6) is 1.53. The van der Waals surface area contributed by atoms with Crippen LogP contribution in [0.2, 0.25) is 0 Å². The normalized spacial score (nSPS) is 26.5. The largest absolute Gasteiger partial charge is 0.388 e. The van der Waals surface area contributed by atoms with Gasteiger partial charge in [0.25, 0.3) is 0 Å². The second-order valence-corrected chi connectivity index (χ2v) is 7.15. The summed E-state index contributed by atoms with van der Waals surface area (Å²) in [6.07, 6.45) is 7.52. The van der Waals surface area contributed by atoms with Crippen molar-refractivity contribution >= 4 is 12.2 Å². The lowest BCUT2D eigenvalue weighted by Crippen LogP contribution is -2.37. The lowest BCUT2D eigenvalue weighted by Gasteiger charge is -2.33. The summed E-state index contributed by atoms with van der Waals surface area (Å²) in [6, 6.07) is 1.09. The van der Waals surface area contributed by atoms with Gasteiger partial charge in [0.15, 0.2) is 10.6 Å². The molecule has 2 atom stereocenters. The van der Waals surface area contributed by atoms with E-state index in [1.54, 1.807) is 0 Å². The maximum Gasteiger partial charge on any atom is 0.199 e. The van der Waals surface area contributed by atoms with Crippen molar-refractivity contribution in [1.29, 1.82) is 0 Å². The summed E-state index contributed by atoms with van der Waals surface area (Å²) in [7, 11) is 2.17. The molecule has 0 spiro atoms. The van der Waals surface area contributed by atoms with Crippen molar-refractivity contribution in [3.63, 3.8) is 0 Å². The number of aliphatic hydroxyl groups excluding tert-OH is 1. The van der Waals surface area contributed by atoms with Gasteiger partial charge in [0.1, 0.15) is 6.61 Å². The molecule has 5 nitrogen and oxygen atoms in total. The van der Waals surface area contributed by atoms with E-state index in [0.29, 0.717) is 17.9 Å². The maximum absolute atomic E-state index is 9.49. The zero-order chi connectivity index (χ0) is 15.0. The second kappa shape index (κ2) is 6.18. The van der Waals surface area contributed by atoms with E-state index in [-0.39, 0.29) is 6.61 Å². The molecule has 118 valence electrons. The van der Waals surface area contributed by atoms with Crippen LogP contribution in [0.5, 0.6) is 0 Å². The van der Waals surface area contributed by atoms with E-state index >= 15 is 0 Å². The number of aromatic nitrogens is 3. The molecule has 2 fully saturated rings. The van der Waals surface area contributed by atoms with Crippen LogP contribution in [0.4, 0.5) is 0 Å². The van der Waals surface area contributed by atoms with E-state index in [4.69, 9.17) is 12.2 Å². The molecule has 0 saturated heterocycles. The highest BCUT2D eigenvalue weighted by molar-refractivity contribution is 7.71. The van der Waals surface area contributed by atoms with E-state index < -0.39 is 0 Å². The van der Waals surface area contributed by atoms with Gasteiger partial charge >= 0.3 is 0 Å². The molecule has 1 heterocycles. The first-order valence-electron chi connectivity index (χ1n) is 8.09. The Morgan fingerprint density at radius 2 is 2.10 bits per heavy atom. The van der Waals surface area contributed by atoms with E-state index in [2.05, 4.69) is 24.0 Å². The van der Waals surface area contributed by atoms with Crippen LogP contribution < -0.4 is 0 Å². The lowest BCUT2D eigenvalue weighted by molar-refractivity contribution is 0.125. The number of hydrogen-bond acceptors (Lipinski definition) is 4. The average molecular weight is 310 g/mol. The molecule has 21 heavy (non-hydrogen) atoms. The molecule has 0 bridgehead atoms. The van der Waals surface area contributed by atoms with Gasteiger partial charge in [-0.1, -0.05) is 19.8 Å². The zero-order valence-corrected chi connectivity index (χ0v) is 13.8. The molecule has 2 unspecified atom stereocenters. The van der Waals surface area contributed by atoms with Crippen LogP contribution in [-0.4, -0.2) is 37.4 Å². The van der Waals surface area contributed by atoms with Gasteiger partial charge in [0, 0.05) is 12.1 Å². The second-order valence-electron chi connectivity index (χ2n) is 6.78. The third kappa shape index (κ3) is 3.22. The van der Waals surface area contributed by atoms with Gasteiger partial charge < -0.3 is 5.11 Å². The van der Waals surface area contributed by atoms with E-state index in [1.165, 1.54) is 25.7 Å². The Hall–Kier alpha value is -0.720. The Labute approximate surface area is 131 Å². The van der Waals surface area contributed by atoms with E-state index in [1.807, 2.05) is 9.25 Å². The first-order chi connectivity index (χ1) is 10.1. The van der Waals surface area contributed by atoms with Gasteiger partial charge in [-0.2, -0.15) is 5.10 Å². The molecule has 2 saturated carbocycles. The summed E-state index contributed by atoms with van der Waals surface area (Å²) < 4.78 is 4.70. The molecule has 0 aromatic carbocycles. The Morgan fingerprint density at radius 1 is 1.33 bits per heavy atom. The molecular weight excluding hydrogens is 284 g/mol. The van der Waals surface area contributed by atoms with Crippen LogP contribution in [0.15, 0.2) is 0 Å². The molecule has 0 amide bonds. The molecule has 1 N–H and O–H groups in total.